The van der Waals surface area contributed by atoms with Crippen LogP contribution in [0.2, 0.25) is 0 Å². The molecule has 1 saturated heterocycles. The normalized spacial score (nSPS) is 15.1. The molecule has 0 radical (unpaired) electrons. The lowest BCUT2D eigenvalue weighted by Gasteiger charge is -2.27. The molecule has 0 spiro atoms. The minimum Gasteiger partial charge on any atom is -0.379 e. The summed E-state index contributed by atoms with van der Waals surface area (Å²) in [4.78, 5) is 6.83. The highest BCUT2D eigenvalue weighted by molar-refractivity contribution is 14.0. The molecule has 4 N–H and O–H groups in total. The molecule has 2 aromatic rings. The Bertz CT molecular complexity index is 977. The molecule has 0 unspecified atom stereocenters. The van der Waals surface area contributed by atoms with Gasteiger partial charge in [-0.15, -0.1) is 24.0 Å². The Morgan fingerprint density at radius 3 is 2.34 bits per heavy atom. The van der Waals surface area contributed by atoms with E-state index in [2.05, 4.69) is 44.8 Å². The summed E-state index contributed by atoms with van der Waals surface area (Å²) in [6, 6.07) is 15.1. The van der Waals surface area contributed by atoms with E-state index in [4.69, 9.17) is 9.88 Å². The number of benzene rings is 2. The first-order valence-corrected chi connectivity index (χ1v) is 11.9. The lowest BCUT2D eigenvalue weighted by atomic mass is 10.1. The highest BCUT2D eigenvalue weighted by Crippen LogP contribution is 2.13. The zero-order valence-electron chi connectivity index (χ0n) is 18.3. The van der Waals surface area contributed by atoms with E-state index >= 15 is 0 Å². The maximum Gasteiger partial charge on any atom is 0.238 e. The molecule has 10 heteroatoms. The molecule has 1 aliphatic rings. The molecule has 0 atom stereocenters. The van der Waals surface area contributed by atoms with Gasteiger partial charge in [0.15, 0.2) is 5.96 Å². The Hall–Kier alpha value is -1.73. The van der Waals surface area contributed by atoms with Crippen LogP contribution in [-0.2, 0) is 34.3 Å². The van der Waals surface area contributed by atoms with Gasteiger partial charge in [-0.1, -0.05) is 36.4 Å². The van der Waals surface area contributed by atoms with E-state index in [0.717, 1.165) is 50.8 Å². The van der Waals surface area contributed by atoms with Gasteiger partial charge in [0.05, 0.1) is 18.1 Å². The van der Waals surface area contributed by atoms with Crippen molar-refractivity contribution in [3.05, 3.63) is 65.2 Å². The molecule has 1 fully saturated rings. The SMILES string of the molecule is CN=C(NCCc1ccc(S(N)(=O)=O)cc1)NCc1ccccc1CN1CCOCC1.I. The first-order valence-electron chi connectivity index (χ1n) is 10.4. The van der Waals surface area contributed by atoms with Gasteiger partial charge in [0.25, 0.3) is 0 Å². The molecule has 2 aromatic carbocycles. The largest absolute Gasteiger partial charge is 0.379 e. The third kappa shape index (κ3) is 8.32. The monoisotopic (exact) mass is 573 g/mol. The molecule has 0 aromatic heterocycles. The molecule has 0 aliphatic carbocycles. The number of halogens is 1. The van der Waals surface area contributed by atoms with Crippen LogP contribution >= 0.6 is 24.0 Å². The van der Waals surface area contributed by atoms with Crippen molar-refractivity contribution < 1.29 is 13.2 Å². The Balaban J connectivity index is 0.00000363. The second-order valence-corrected chi connectivity index (χ2v) is 9.01. The molecule has 8 nitrogen and oxygen atoms in total. The molecule has 1 aliphatic heterocycles. The third-order valence-corrected chi connectivity index (χ3v) is 6.17. The number of sulfonamides is 1. The minimum absolute atomic E-state index is 0. The Morgan fingerprint density at radius 1 is 1.06 bits per heavy atom. The standard InChI is InChI=1S/C22H31N5O3S.HI/c1-24-22(25-11-10-18-6-8-21(9-7-18)31(23,28)29)26-16-19-4-2-3-5-20(19)17-27-12-14-30-15-13-27;/h2-9H,10-17H2,1H3,(H2,23,28,29)(H2,24,25,26);1H. The molecule has 176 valence electrons. The fourth-order valence-electron chi connectivity index (χ4n) is 3.45. The van der Waals surface area contributed by atoms with Gasteiger partial charge in [-0.25, -0.2) is 13.6 Å². The van der Waals surface area contributed by atoms with Crippen molar-refractivity contribution in [2.75, 3.05) is 39.9 Å². The zero-order valence-corrected chi connectivity index (χ0v) is 21.4. The van der Waals surface area contributed by atoms with Crippen LogP contribution in [0.4, 0.5) is 0 Å². The van der Waals surface area contributed by atoms with Crippen LogP contribution in [0.3, 0.4) is 0 Å². The number of rotatable bonds is 8. The first-order chi connectivity index (χ1) is 15.0. The topological polar surface area (TPSA) is 109 Å². The second-order valence-electron chi connectivity index (χ2n) is 7.45. The number of guanidine groups is 1. The molecule has 1 heterocycles. The average Bonchev–Trinajstić information content (AvgIpc) is 2.77. The van der Waals surface area contributed by atoms with Crippen molar-refractivity contribution in [2.24, 2.45) is 10.1 Å². The van der Waals surface area contributed by atoms with Crippen molar-refractivity contribution in [1.82, 2.24) is 15.5 Å². The summed E-state index contributed by atoms with van der Waals surface area (Å²) < 4.78 is 28.1. The van der Waals surface area contributed by atoms with Crippen molar-refractivity contribution in [3.63, 3.8) is 0 Å². The maximum atomic E-state index is 11.3. The highest BCUT2D eigenvalue weighted by atomic mass is 127. The van der Waals surface area contributed by atoms with E-state index in [9.17, 15) is 8.42 Å². The Kier molecular flexibility index (Phi) is 10.9. The number of nitrogens with zero attached hydrogens (tertiary/aromatic N) is 2. The zero-order chi connectivity index (χ0) is 22.1. The van der Waals surface area contributed by atoms with Crippen LogP contribution in [0.15, 0.2) is 58.4 Å². The van der Waals surface area contributed by atoms with Gasteiger partial charge in [0.1, 0.15) is 0 Å². The van der Waals surface area contributed by atoms with E-state index in [1.807, 2.05) is 0 Å². The summed E-state index contributed by atoms with van der Waals surface area (Å²) in [5, 5.41) is 11.8. The summed E-state index contributed by atoms with van der Waals surface area (Å²) in [6.45, 7) is 5.78. The summed E-state index contributed by atoms with van der Waals surface area (Å²) in [5.41, 5.74) is 3.57. The van der Waals surface area contributed by atoms with E-state index in [1.165, 1.54) is 23.3 Å². The number of aliphatic imine (C=N–C) groups is 1. The van der Waals surface area contributed by atoms with Crippen LogP contribution in [0.1, 0.15) is 16.7 Å². The van der Waals surface area contributed by atoms with Crippen molar-refractivity contribution >= 4 is 40.0 Å². The van der Waals surface area contributed by atoms with Gasteiger partial charge in [0.2, 0.25) is 10.0 Å². The number of hydrogen-bond acceptors (Lipinski definition) is 5. The van der Waals surface area contributed by atoms with Crippen LogP contribution in [0.5, 0.6) is 0 Å². The minimum atomic E-state index is -3.66. The molecule has 3 rings (SSSR count). The molecular formula is C22H32IN5O3S. The number of ether oxygens (including phenoxy) is 1. The van der Waals surface area contributed by atoms with E-state index in [1.54, 1.807) is 19.2 Å². The lowest BCUT2D eigenvalue weighted by molar-refractivity contribution is 0.0341. The van der Waals surface area contributed by atoms with Crippen LogP contribution in [0.25, 0.3) is 0 Å². The van der Waals surface area contributed by atoms with Gasteiger partial charge in [-0.2, -0.15) is 0 Å². The van der Waals surface area contributed by atoms with E-state index < -0.39 is 10.0 Å². The van der Waals surface area contributed by atoms with Crippen molar-refractivity contribution in [3.8, 4) is 0 Å². The van der Waals surface area contributed by atoms with Gasteiger partial charge in [-0.3, -0.25) is 9.89 Å². The Labute approximate surface area is 207 Å². The molecule has 0 bridgehead atoms. The number of hydrogen-bond donors (Lipinski definition) is 3. The van der Waals surface area contributed by atoms with Crippen LogP contribution < -0.4 is 15.8 Å². The predicted molar refractivity (Wildman–Crippen MR) is 138 cm³/mol. The third-order valence-electron chi connectivity index (χ3n) is 5.24. The highest BCUT2D eigenvalue weighted by Gasteiger charge is 2.13. The first kappa shape index (κ1) is 26.5. The number of nitrogens with one attached hydrogen (secondary N) is 2. The van der Waals surface area contributed by atoms with Crippen LogP contribution in [0, 0.1) is 0 Å². The predicted octanol–water partition coefficient (Wildman–Crippen LogP) is 1.69. The van der Waals surface area contributed by atoms with Crippen LogP contribution in [-0.4, -0.2) is 59.2 Å². The lowest BCUT2D eigenvalue weighted by Crippen LogP contribution is -2.38. The number of nitrogens with two attached hydrogens (primary N) is 1. The number of primary sulfonamides is 1. The quantitative estimate of drug-likeness (QED) is 0.252. The van der Waals surface area contributed by atoms with Crippen molar-refractivity contribution in [1.29, 1.82) is 0 Å². The summed E-state index contributed by atoms with van der Waals surface area (Å²) in [5.74, 6) is 0.724. The second kappa shape index (κ2) is 13.1. The van der Waals surface area contributed by atoms with Gasteiger partial charge < -0.3 is 15.4 Å². The van der Waals surface area contributed by atoms with Gasteiger partial charge >= 0.3 is 0 Å². The van der Waals surface area contributed by atoms with E-state index in [-0.39, 0.29) is 28.9 Å². The van der Waals surface area contributed by atoms with Gasteiger partial charge in [0, 0.05) is 39.8 Å². The van der Waals surface area contributed by atoms with Crippen molar-refractivity contribution in [2.45, 2.75) is 24.4 Å². The maximum absolute atomic E-state index is 11.3. The number of morpholine rings is 1. The Morgan fingerprint density at radius 2 is 1.72 bits per heavy atom. The van der Waals surface area contributed by atoms with Gasteiger partial charge in [-0.05, 0) is 35.2 Å². The summed E-state index contributed by atoms with van der Waals surface area (Å²) in [7, 11) is -1.91. The molecular weight excluding hydrogens is 541 g/mol. The smallest absolute Gasteiger partial charge is 0.238 e. The summed E-state index contributed by atoms with van der Waals surface area (Å²) in [6.07, 6.45) is 0.735. The fraction of sp³-hybridized carbons (Fsp3) is 0.409. The average molecular weight is 574 g/mol. The van der Waals surface area contributed by atoms with E-state index in [0.29, 0.717) is 13.1 Å². The molecule has 0 saturated carbocycles. The summed E-state index contributed by atoms with van der Waals surface area (Å²) >= 11 is 0. The fourth-order valence-corrected chi connectivity index (χ4v) is 3.97. The molecule has 32 heavy (non-hydrogen) atoms. The molecule has 0 amide bonds.